The minimum Gasteiger partial charge on any atom is -0.304 e. The van der Waals surface area contributed by atoms with Gasteiger partial charge in [-0.1, -0.05) is 24.3 Å². The van der Waals surface area contributed by atoms with E-state index in [1.54, 1.807) is 11.1 Å². The quantitative estimate of drug-likeness (QED) is 0.707. The number of rotatable bonds is 1. The third-order valence-corrected chi connectivity index (χ3v) is 4.24. The van der Waals surface area contributed by atoms with Gasteiger partial charge in [0.05, 0.1) is 0 Å². The Bertz CT molecular complexity index is 405. The molecule has 1 saturated heterocycles. The number of fused-ring (bicyclic) bond motifs is 2. The zero-order valence-corrected chi connectivity index (χ0v) is 10.4. The molecule has 0 saturated carbocycles. The van der Waals surface area contributed by atoms with Crippen LogP contribution in [-0.2, 0) is 5.41 Å². The van der Waals surface area contributed by atoms with E-state index in [-0.39, 0.29) is 0 Å². The first-order chi connectivity index (χ1) is 7.62. The average molecular weight is 216 g/mol. The summed E-state index contributed by atoms with van der Waals surface area (Å²) < 4.78 is 0. The molecule has 1 heterocycles. The van der Waals surface area contributed by atoms with E-state index in [0.717, 1.165) is 0 Å². The molecule has 0 amide bonds. The Morgan fingerprint density at radius 1 is 1.25 bits per heavy atom. The van der Waals surface area contributed by atoms with Gasteiger partial charge >= 0.3 is 0 Å². The molecule has 2 nitrogen and oxygen atoms in total. The van der Waals surface area contributed by atoms with Crippen LogP contribution in [0.1, 0.15) is 23.6 Å². The first-order valence-corrected chi connectivity index (χ1v) is 6.07. The molecule has 1 aliphatic heterocycles. The molecular weight excluding hydrogens is 196 g/mol. The lowest BCUT2D eigenvalue weighted by Crippen LogP contribution is -2.56. The number of hydrogen-bond acceptors (Lipinski definition) is 2. The summed E-state index contributed by atoms with van der Waals surface area (Å²) in [5.74, 6) is 0. The SMILES string of the molecule is CN1CC2(CC(N(C)C)c3ccccc32)C1. The van der Waals surface area contributed by atoms with Crippen LogP contribution < -0.4 is 0 Å². The van der Waals surface area contributed by atoms with Crippen LogP contribution in [0.4, 0.5) is 0 Å². The van der Waals surface area contributed by atoms with E-state index in [9.17, 15) is 0 Å². The van der Waals surface area contributed by atoms with Crippen molar-refractivity contribution in [1.29, 1.82) is 0 Å². The van der Waals surface area contributed by atoms with Gasteiger partial charge in [-0.25, -0.2) is 0 Å². The molecule has 0 radical (unpaired) electrons. The number of likely N-dealkylation sites (tertiary alicyclic amines) is 1. The van der Waals surface area contributed by atoms with Crippen molar-refractivity contribution in [3.05, 3.63) is 35.4 Å². The van der Waals surface area contributed by atoms with E-state index >= 15 is 0 Å². The molecular formula is C14H20N2. The van der Waals surface area contributed by atoms with Gasteiger partial charge in [-0.2, -0.15) is 0 Å². The predicted molar refractivity (Wildman–Crippen MR) is 66.7 cm³/mol. The first kappa shape index (κ1) is 10.3. The van der Waals surface area contributed by atoms with Gasteiger partial charge in [-0.15, -0.1) is 0 Å². The lowest BCUT2D eigenvalue weighted by molar-refractivity contribution is 0.0777. The second kappa shape index (κ2) is 3.31. The zero-order chi connectivity index (χ0) is 11.3. The number of nitrogens with zero attached hydrogens (tertiary/aromatic N) is 2. The van der Waals surface area contributed by atoms with Crippen LogP contribution in [0.25, 0.3) is 0 Å². The number of benzene rings is 1. The number of likely N-dealkylation sites (N-methyl/N-ethyl adjacent to an activating group) is 1. The summed E-state index contributed by atoms with van der Waals surface area (Å²) in [6.07, 6.45) is 1.30. The topological polar surface area (TPSA) is 6.48 Å². The Hall–Kier alpha value is -0.860. The highest BCUT2D eigenvalue weighted by Crippen LogP contribution is 2.50. The van der Waals surface area contributed by atoms with Crippen molar-refractivity contribution in [2.75, 3.05) is 34.2 Å². The summed E-state index contributed by atoms with van der Waals surface area (Å²) in [7, 11) is 6.61. The van der Waals surface area contributed by atoms with Crippen molar-refractivity contribution < 1.29 is 0 Å². The van der Waals surface area contributed by atoms with Crippen molar-refractivity contribution in [2.24, 2.45) is 0 Å². The van der Waals surface area contributed by atoms with E-state index in [1.165, 1.54) is 19.5 Å². The van der Waals surface area contributed by atoms with Gasteiger partial charge in [0.1, 0.15) is 0 Å². The monoisotopic (exact) mass is 216 g/mol. The summed E-state index contributed by atoms with van der Waals surface area (Å²) in [5, 5.41) is 0. The molecule has 0 aromatic heterocycles. The Kier molecular flexibility index (Phi) is 2.13. The van der Waals surface area contributed by atoms with Gasteiger partial charge in [0.2, 0.25) is 0 Å². The largest absolute Gasteiger partial charge is 0.304 e. The maximum atomic E-state index is 2.43. The molecule has 1 unspecified atom stereocenters. The lowest BCUT2D eigenvalue weighted by atomic mass is 9.75. The molecule has 1 aromatic carbocycles. The van der Waals surface area contributed by atoms with Crippen molar-refractivity contribution >= 4 is 0 Å². The first-order valence-electron chi connectivity index (χ1n) is 6.07. The molecule has 0 bridgehead atoms. The maximum absolute atomic E-state index is 2.43. The van der Waals surface area contributed by atoms with Gasteiger partial charge in [0, 0.05) is 24.5 Å². The Morgan fingerprint density at radius 3 is 2.56 bits per heavy atom. The van der Waals surface area contributed by atoms with Crippen LogP contribution in [0.3, 0.4) is 0 Å². The number of hydrogen-bond donors (Lipinski definition) is 0. The van der Waals surface area contributed by atoms with Crippen LogP contribution in [0.15, 0.2) is 24.3 Å². The fraction of sp³-hybridized carbons (Fsp3) is 0.571. The molecule has 16 heavy (non-hydrogen) atoms. The summed E-state index contributed by atoms with van der Waals surface area (Å²) in [6, 6.07) is 9.64. The molecule has 1 fully saturated rings. The third-order valence-electron chi connectivity index (χ3n) is 4.24. The molecule has 1 aliphatic carbocycles. The summed E-state index contributed by atoms with van der Waals surface area (Å²) >= 11 is 0. The third kappa shape index (κ3) is 1.26. The van der Waals surface area contributed by atoms with E-state index in [4.69, 9.17) is 0 Å². The van der Waals surface area contributed by atoms with E-state index in [1.807, 2.05) is 0 Å². The summed E-state index contributed by atoms with van der Waals surface area (Å²) in [5.41, 5.74) is 3.62. The van der Waals surface area contributed by atoms with Gasteiger partial charge < -0.3 is 9.80 Å². The molecule has 2 heteroatoms. The molecule has 3 rings (SSSR count). The van der Waals surface area contributed by atoms with Gasteiger partial charge in [0.25, 0.3) is 0 Å². The molecule has 86 valence electrons. The van der Waals surface area contributed by atoms with E-state index < -0.39 is 0 Å². The molecule has 2 aliphatic rings. The Balaban J connectivity index is 2.03. The van der Waals surface area contributed by atoms with Crippen molar-refractivity contribution in [3.63, 3.8) is 0 Å². The van der Waals surface area contributed by atoms with Crippen LogP contribution in [-0.4, -0.2) is 44.0 Å². The smallest absolute Gasteiger partial charge is 0.0354 e. The van der Waals surface area contributed by atoms with Crippen molar-refractivity contribution in [1.82, 2.24) is 9.80 Å². The molecule has 1 atom stereocenters. The van der Waals surface area contributed by atoms with E-state index in [0.29, 0.717) is 11.5 Å². The van der Waals surface area contributed by atoms with Crippen molar-refractivity contribution in [3.8, 4) is 0 Å². The van der Waals surface area contributed by atoms with Crippen LogP contribution in [0.2, 0.25) is 0 Å². The highest BCUT2D eigenvalue weighted by atomic mass is 15.2. The molecule has 1 aromatic rings. The fourth-order valence-electron chi connectivity index (χ4n) is 3.61. The predicted octanol–water partition coefficient (Wildman–Crippen LogP) is 1.88. The van der Waals surface area contributed by atoms with Gasteiger partial charge in [0.15, 0.2) is 0 Å². The Morgan fingerprint density at radius 2 is 1.94 bits per heavy atom. The van der Waals surface area contributed by atoms with Crippen LogP contribution >= 0.6 is 0 Å². The maximum Gasteiger partial charge on any atom is 0.0354 e. The molecule has 1 spiro atoms. The lowest BCUT2D eigenvalue weighted by Gasteiger charge is -2.47. The van der Waals surface area contributed by atoms with Crippen molar-refractivity contribution in [2.45, 2.75) is 17.9 Å². The standard InChI is InChI=1S/C14H20N2/c1-15(2)13-8-14(9-16(3)10-14)12-7-5-4-6-11(12)13/h4-7,13H,8-10H2,1-3H3. The molecule has 0 N–H and O–H groups in total. The minimum atomic E-state index is 0.459. The van der Waals surface area contributed by atoms with E-state index in [2.05, 4.69) is 55.2 Å². The van der Waals surface area contributed by atoms with Gasteiger partial charge in [-0.05, 0) is 38.7 Å². The van der Waals surface area contributed by atoms with Gasteiger partial charge in [-0.3, -0.25) is 0 Å². The Labute approximate surface area is 97.9 Å². The average Bonchev–Trinajstić information content (AvgIpc) is 2.54. The zero-order valence-electron chi connectivity index (χ0n) is 10.4. The fourth-order valence-corrected chi connectivity index (χ4v) is 3.61. The van der Waals surface area contributed by atoms with Crippen LogP contribution in [0, 0.1) is 0 Å². The summed E-state index contributed by atoms with van der Waals surface area (Å²) in [6.45, 7) is 2.46. The minimum absolute atomic E-state index is 0.459. The highest BCUT2D eigenvalue weighted by Gasteiger charge is 2.50. The normalized spacial score (nSPS) is 27.1. The second-order valence-electron chi connectivity index (χ2n) is 5.72. The second-order valence-corrected chi connectivity index (χ2v) is 5.72. The highest BCUT2D eigenvalue weighted by molar-refractivity contribution is 5.44. The summed E-state index contributed by atoms with van der Waals surface area (Å²) in [4.78, 5) is 4.79. The van der Waals surface area contributed by atoms with Crippen LogP contribution in [0.5, 0.6) is 0 Å².